The summed E-state index contributed by atoms with van der Waals surface area (Å²) in [5.41, 5.74) is 0.754. The van der Waals surface area contributed by atoms with Gasteiger partial charge in [0, 0.05) is 5.56 Å². The van der Waals surface area contributed by atoms with Crippen LogP contribution >= 0.6 is 0 Å². The number of aliphatic imine (C=N–C) groups is 1. The van der Waals surface area contributed by atoms with E-state index in [-0.39, 0.29) is 12.5 Å². The number of rotatable bonds is 5. The van der Waals surface area contributed by atoms with E-state index in [1.54, 1.807) is 37.3 Å². The lowest BCUT2D eigenvalue weighted by Gasteiger charge is -2.15. The monoisotopic (exact) mass is 349 g/mol. The molecule has 132 valence electrons. The summed E-state index contributed by atoms with van der Waals surface area (Å²) in [5, 5.41) is 0. The molecule has 3 rings (SSSR count). The molecule has 0 saturated carbocycles. The fraction of sp³-hybridized carbons (Fsp3) is 0.190. The molecule has 0 aromatic heterocycles. The fourth-order valence-electron chi connectivity index (χ4n) is 2.54. The van der Waals surface area contributed by atoms with E-state index in [0.717, 1.165) is 11.1 Å². The number of carbonyl (C=O) groups excluding carboxylic acids is 2. The quantitative estimate of drug-likeness (QED) is 0.614. The first-order valence-electron chi connectivity index (χ1n) is 8.36. The van der Waals surface area contributed by atoms with Crippen molar-refractivity contribution in [2.24, 2.45) is 4.99 Å². The van der Waals surface area contributed by atoms with Gasteiger partial charge in [0.1, 0.15) is 0 Å². The van der Waals surface area contributed by atoms with Gasteiger partial charge in [-0.2, -0.15) is 0 Å². The molecule has 5 nitrogen and oxygen atoms in total. The fourth-order valence-corrected chi connectivity index (χ4v) is 2.54. The Morgan fingerprint density at radius 1 is 1.15 bits per heavy atom. The molecule has 1 unspecified atom stereocenters. The van der Waals surface area contributed by atoms with Gasteiger partial charge in [-0.15, -0.1) is 0 Å². The molecule has 0 amide bonds. The van der Waals surface area contributed by atoms with Gasteiger partial charge in [-0.1, -0.05) is 54.1 Å². The van der Waals surface area contributed by atoms with Crippen molar-refractivity contribution in [2.45, 2.75) is 19.4 Å². The van der Waals surface area contributed by atoms with Gasteiger partial charge in [0.2, 0.25) is 5.90 Å². The number of hydrogen-bond donors (Lipinski definition) is 0. The van der Waals surface area contributed by atoms with Crippen LogP contribution in [-0.2, 0) is 19.1 Å². The Balaban J connectivity index is 2.01. The van der Waals surface area contributed by atoms with Crippen LogP contribution in [0.2, 0.25) is 0 Å². The Kier molecular flexibility index (Phi) is 4.98. The molecule has 0 saturated heterocycles. The van der Waals surface area contributed by atoms with E-state index in [9.17, 15) is 9.59 Å². The van der Waals surface area contributed by atoms with E-state index < -0.39 is 17.5 Å². The lowest BCUT2D eigenvalue weighted by Crippen LogP contribution is -2.42. The van der Waals surface area contributed by atoms with E-state index in [0.29, 0.717) is 5.56 Å². The van der Waals surface area contributed by atoms with Gasteiger partial charge in [0.05, 0.1) is 6.61 Å². The molecule has 1 aliphatic rings. The van der Waals surface area contributed by atoms with Crippen LogP contribution in [0.15, 0.2) is 65.7 Å². The highest BCUT2D eigenvalue weighted by atomic mass is 16.6. The van der Waals surface area contributed by atoms with Crippen LogP contribution in [0.3, 0.4) is 0 Å². The lowest BCUT2D eigenvalue weighted by molar-refractivity contribution is -0.155. The highest BCUT2D eigenvalue weighted by Gasteiger charge is 2.52. The summed E-state index contributed by atoms with van der Waals surface area (Å²) in [6.45, 7) is 3.80. The number of ether oxygens (including phenoxy) is 2. The van der Waals surface area contributed by atoms with Crippen LogP contribution in [0.4, 0.5) is 0 Å². The largest absolute Gasteiger partial charge is 0.463 e. The Morgan fingerprint density at radius 2 is 1.85 bits per heavy atom. The molecule has 0 spiro atoms. The van der Waals surface area contributed by atoms with Gasteiger partial charge in [-0.25, -0.2) is 14.6 Å². The molecule has 0 fully saturated rings. The van der Waals surface area contributed by atoms with Crippen LogP contribution in [-0.4, -0.2) is 30.0 Å². The number of esters is 2. The van der Waals surface area contributed by atoms with Gasteiger partial charge >= 0.3 is 11.9 Å². The first kappa shape index (κ1) is 17.6. The van der Waals surface area contributed by atoms with Gasteiger partial charge in [0.25, 0.3) is 5.54 Å². The predicted octanol–water partition coefficient (Wildman–Crippen LogP) is 3.31. The second-order valence-corrected chi connectivity index (χ2v) is 5.90. The summed E-state index contributed by atoms with van der Waals surface area (Å²) in [6, 6.07) is 16.7. The smallest absolute Gasteiger partial charge is 0.356 e. The highest BCUT2D eigenvalue weighted by molar-refractivity contribution is 6.19. The summed E-state index contributed by atoms with van der Waals surface area (Å²) in [4.78, 5) is 29.4. The van der Waals surface area contributed by atoms with Crippen molar-refractivity contribution in [1.29, 1.82) is 0 Å². The third kappa shape index (κ3) is 3.42. The minimum atomic E-state index is -1.83. The maximum atomic E-state index is 12.6. The summed E-state index contributed by atoms with van der Waals surface area (Å²) >= 11 is 0. The molecule has 1 heterocycles. The number of nitrogens with zero attached hydrogens (tertiary/aromatic N) is 1. The van der Waals surface area contributed by atoms with Crippen molar-refractivity contribution < 1.29 is 19.1 Å². The Bertz CT molecular complexity index is 869. The molecule has 0 N–H and O–H groups in total. The van der Waals surface area contributed by atoms with Crippen molar-refractivity contribution in [2.75, 3.05) is 6.61 Å². The SMILES string of the molecule is CCOC(=O)C1(/C=C/c2ccc(C)cc2)N=C(c2ccccc2)OC1=O. The van der Waals surface area contributed by atoms with E-state index >= 15 is 0 Å². The molecule has 0 bridgehead atoms. The van der Waals surface area contributed by atoms with Crippen LogP contribution in [0.25, 0.3) is 6.08 Å². The van der Waals surface area contributed by atoms with E-state index in [4.69, 9.17) is 9.47 Å². The van der Waals surface area contributed by atoms with Gasteiger partial charge < -0.3 is 9.47 Å². The van der Waals surface area contributed by atoms with Gasteiger partial charge in [-0.3, -0.25) is 0 Å². The minimum absolute atomic E-state index is 0.109. The molecule has 26 heavy (non-hydrogen) atoms. The second kappa shape index (κ2) is 7.35. The molecular weight excluding hydrogens is 330 g/mol. The number of aryl methyl sites for hydroxylation is 1. The standard InChI is InChI=1S/C21H19NO4/c1-3-25-19(23)21(14-13-16-11-9-15(2)10-12-16)20(24)26-18(22-21)17-7-5-4-6-8-17/h4-14H,3H2,1-2H3/b14-13+. The molecule has 2 aromatic rings. The zero-order valence-electron chi connectivity index (χ0n) is 14.6. The van der Waals surface area contributed by atoms with Crippen molar-refractivity contribution in [1.82, 2.24) is 0 Å². The Labute approximate surface area is 152 Å². The van der Waals surface area contributed by atoms with Gasteiger partial charge in [-0.05, 0) is 37.6 Å². The average Bonchev–Trinajstić information content (AvgIpc) is 3.00. The molecule has 1 atom stereocenters. The van der Waals surface area contributed by atoms with Crippen LogP contribution in [0, 0.1) is 6.92 Å². The summed E-state index contributed by atoms with van der Waals surface area (Å²) in [7, 11) is 0. The number of carbonyl (C=O) groups is 2. The molecule has 5 heteroatoms. The summed E-state index contributed by atoms with van der Waals surface area (Å²) < 4.78 is 10.4. The highest BCUT2D eigenvalue weighted by Crippen LogP contribution is 2.28. The molecule has 0 aliphatic carbocycles. The van der Waals surface area contributed by atoms with Crippen LogP contribution in [0.5, 0.6) is 0 Å². The zero-order valence-corrected chi connectivity index (χ0v) is 14.6. The van der Waals surface area contributed by atoms with Crippen molar-refractivity contribution >= 4 is 23.9 Å². The van der Waals surface area contributed by atoms with Crippen molar-refractivity contribution in [3.8, 4) is 0 Å². The first-order valence-corrected chi connectivity index (χ1v) is 8.36. The van der Waals surface area contributed by atoms with E-state index in [2.05, 4.69) is 4.99 Å². The Morgan fingerprint density at radius 3 is 2.50 bits per heavy atom. The van der Waals surface area contributed by atoms with Gasteiger partial charge in [0.15, 0.2) is 0 Å². The third-order valence-corrected chi connectivity index (χ3v) is 3.98. The topological polar surface area (TPSA) is 65.0 Å². The molecule has 1 aliphatic heterocycles. The van der Waals surface area contributed by atoms with E-state index in [1.807, 2.05) is 37.3 Å². The van der Waals surface area contributed by atoms with Crippen LogP contribution in [0.1, 0.15) is 23.6 Å². The maximum Gasteiger partial charge on any atom is 0.356 e. The number of hydrogen-bond acceptors (Lipinski definition) is 5. The normalized spacial score (nSPS) is 19.3. The minimum Gasteiger partial charge on any atom is -0.463 e. The van der Waals surface area contributed by atoms with E-state index in [1.165, 1.54) is 6.08 Å². The maximum absolute atomic E-state index is 12.6. The number of cyclic esters (lactones) is 1. The van der Waals surface area contributed by atoms with Crippen molar-refractivity contribution in [3.05, 3.63) is 77.4 Å². The van der Waals surface area contributed by atoms with Crippen molar-refractivity contribution in [3.63, 3.8) is 0 Å². The molecule has 0 radical (unpaired) electrons. The number of benzene rings is 2. The Hall–Kier alpha value is -3.21. The average molecular weight is 349 g/mol. The molecular formula is C21H19NO4. The summed E-state index contributed by atoms with van der Waals surface area (Å²) in [6.07, 6.45) is 3.11. The van der Waals surface area contributed by atoms with Crippen LogP contribution < -0.4 is 0 Å². The second-order valence-electron chi connectivity index (χ2n) is 5.90. The zero-order chi connectivity index (χ0) is 18.6. The first-order chi connectivity index (χ1) is 12.5. The predicted molar refractivity (Wildman–Crippen MR) is 98.6 cm³/mol. The molecule has 2 aromatic carbocycles. The summed E-state index contributed by atoms with van der Waals surface area (Å²) in [5.74, 6) is -1.41. The third-order valence-electron chi connectivity index (χ3n) is 3.98. The lowest BCUT2D eigenvalue weighted by atomic mass is 9.99.